The molecule has 1 aromatic heterocycles. The van der Waals surface area contributed by atoms with Crippen LogP contribution in [0.2, 0.25) is 0 Å². The Labute approximate surface area is 216 Å². The minimum atomic E-state index is -0.526. The molecule has 2 aromatic rings. The van der Waals surface area contributed by atoms with Gasteiger partial charge in [-0.15, -0.1) is 0 Å². The molecule has 2 unspecified atom stereocenters. The Morgan fingerprint density at radius 1 is 1.14 bits per heavy atom. The Bertz CT molecular complexity index is 1230. The van der Waals surface area contributed by atoms with Gasteiger partial charge < -0.3 is 20.1 Å². The second-order valence-corrected chi connectivity index (χ2v) is 12.8. The number of ether oxygens (including phenoxy) is 2. The summed E-state index contributed by atoms with van der Waals surface area (Å²) in [5.74, 6) is 2.25. The van der Waals surface area contributed by atoms with Gasteiger partial charge in [0.25, 0.3) is 0 Å². The van der Waals surface area contributed by atoms with Crippen molar-refractivity contribution in [2.75, 3.05) is 0 Å². The molecule has 5 aliphatic rings. The molecule has 7 nitrogen and oxygen atoms in total. The van der Waals surface area contributed by atoms with Crippen LogP contribution in [0.5, 0.6) is 5.75 Å². The smallest absolute Gasteiger partial charge is 0.408 e. The summed E-state index contributed by atoms with van der Waals surface area (Å²) in [5.41, 5.74) is -0.0466. The number of pyridine rings is 1. The molecule has 8 heteroatoms. The lowest BCUT2D eigenvalue weighted by atomic mass is 9.77. The molecule has 2 bridgehead atoms. The number of aromatic nitrogens is 1. The van der Waals surface area contributed by atoms with E-state index in [0.717, 1.165) is 37.6 Å². The SMILES string of the molecule is CC(C(=O)NC1CC2(NC(=O)OC(C)(C)C)CC1C2)[C@H]1[C@@H]2C[C@@H](Oc3ccnc4ccc(F)cc34)C[C@@H]21. The van der Waals surface area contributed by atoms with Crippen LogP contribution in [0.3, 0.4) is 0 Å². The topological polar surface area (TPSA) is 89.6 Å². The lowest BCUT2D eigenvalue weighted by molar-refractivity contribution is -0.126. The van der Waals surface area contributed by atoms with E-state index in [-0.39, 0.29) is 41.4 Å². The number of nitrogens with zero attached hydrogens (tertiary/aromatic N) is 1. The predicted octanol–water partition coefficient (Wildman–Crippen LogP) is 4.98. The number of rotatable bonds is 6. The van der Waals surface area contributed by atoms with Gasteiger partial charge in [0.1, 0.15) is 17.2 Å². The Hall–Kier alpha value is -2.90. The van der Waals surface area contributed by atoms with E-state index in [9.17, 15) is 14.0 Å². The zero-order valence-electron chi connectivity index (χ0n) is 21.9. The third kappa shape index (κ3) is 4.64. The van der Waals surface area contributed by atoms with Gasteiger partial charge in [0, 0.05) is 29.1 Å². The van der Waals surface area contributed by atoms with Crippen molar-refractivity contribution >= 4 is 22.9 Å². The summed E-state index contributed by atoms with van der Waals surface area (Å²) >= 11 is 0. The molecule has 2 N–H and O–H groups in total. The number of alkyl carbamates (subject to hydrolysis) is 1. The molecule has 37 heavy (non-hydrogen) atoms. The molecule has 5 fully saturated rings. The summed E-state index contributed by atoms with van der Waals surface area (Å²) in [4.78, 5) is 29.7. The van der Waals surface area contributed by atoms with Gasteiger partial charge in [-0.1, -0.05) is 6.92 Å². The fourth-order valence-electron chi connectivity index (χ4n) is 7.37. The van der Waals surface area contributed by atoms with Crippen molar-refractivity contribution in [3.8, 4) is 5.75 Å². The van der Waals surface area contributed by atoms with Gasteiger partial charge in [-0.25, -0.2) is 9.18 Å². The Kier molecular flexibility index (Phi) is 5.66. The van der Waals surface area contributed by atoms with Gasteiger partial charge in [-0.05, 0) is 101 Å². The van der Waals surface area contributed by atoms with E-state index in [1.165, 1.54) is 12.1 Å². The third-order valence-corrected chi connectivity index (χ3v) is 9.00. The van der Waals surface area contributed by atoms with Crippen LogP contribution >= 0.6 is 0 Å². The van der Waals surface area contributed by atoms with E-state index in [1.807, 2.05) is 27.7 Å². The maximum atomic E-state index is 13.8. The van der Waals surface area contributed by atoms with E-state index in [0.29, 0.717) is 34.8 Å². The van der Waals surface area contributed by atoms with Crippen LogP contribution in [-0.2, 0) is 9.53 Å². The largest absolute Gasteiger partial charge is 0.490 e. The first-order chi connectivity index (χ1) is 17.5. The molecule has 6 atom stereocenters. The number of nitrogens with one attached hydrogen (secondary N) is 2. The molecule has 0 aliphatic heterocycles. The lowest BCUT2D eigenvalue weighted by Gasteiger charge is -2.39. The van der Waals surface area contributed by atoms with E-state index >= 15 is 0 Å². The molecule has 2 amide bonds. The van der Waals surface area contributed by atoms with Crippen molar-refractivity contribution in [3.63, 3.8) is 0 Å². The van der Waals surface area contributed by atoms with Crippen LogP contribution in [0, 0.1) is 35.4 Å². The summed E-state index contributed by atoms with van der Waals surface area (Å²) in [6.07, 6.45) is 5.79. The van der Waals surface area contributed by atoms with Crippen LogP contribution in [0.4, 0.5) is 9.18 Å². The minimum absolute atomic E-state index is 0.0423. The molecular formula is C29H36FN3O4. The highest BCUT2D eigenvalue weighted by Gasteiger charge is 2.61. The highest BCUT2D eigenvalue weighted by molar-refractivity contribution is 5.84. The zero-order valence-corrected chi connectivity index (χ0v) is 21.9. The number of hydrogen-bond acceptors (Lipinski definition) is 5. The van der Waals surface area contributed by atoms with E-state index in [2.05, 4.69) is 15.6 Å². The zero-order chi connectivity index (χ0) is 26.1. The summed E-state index contributed by atoms with van der Waals surface area (Å²) in [6, 6.07) is 6.47. The van der Waals surface area contributed by atoms with Crippen molar-refractivity contribution in [2.24, 2.45) is 29.6 Å². The summed E-state index contributed by atoms with van der Waals surface area (Å²) in [7, 11) is 0. The second-order valence-electron chi connectivity index (χ2n) is 12.8. The number of amides is 2. The molecular weight excluding hydrogens is 473 g/mol. The molecule has 198 valence electrons. The van der Waals surface area contributed by atoms with Crippen molar-refractivity contribution < 1.29 is 23.5 Å². The second kappa shape index (κ2) is 8.57. The van der Waals surface area contributed by atoms with Gasteiger partial charge in [0.15, 0.2) is 0 Å². The van der Waals surface area contributed by atoms with E-state index in [1.54, 1.807) is 18.3 Å². The molecule has 5 saturated carbocycles. The summed E-state index contributed by atoms with van der Waals surface area (Å²) < 4.78 is 25.5. The van der Waals surface area contributed by atoms with Gasteiger partial charge in [-0.3, -0.25) is 9.78 Å². The first kappa shape index (κ1) is 24.4. The number of carbonyl (C=O) groups excluding carboxylic acids is 2. The van der Waals surface area contributed by atoms with E-state index in [4.69, 9.17) is 9.47 Å². The quantitative estimate of drug-likeness (QED) is 0.574. The fraction of sp³-hybridized carbons (Fsp3) is 0.621. The molecule has 7 rings (SSSR count). The Balaban J connectivity index is 0.992. The number of carbonyl (C=O) groups is 2. The van der Waals surface area contributed by atoms with Crippen LogP contribution in [0.1, 0.15) is 59.8 Å². The maximum Gasteiger partial charge on any atom is 0.408 e. The van der Waals surface area contributed by atoms with Crippen molar-refractivity contribution in [1.82, 2.24) is 15.6 Å². The van der Waals surface area contributed by atoms with Gasteiger partial charge in [0.2, 0.25) is 5.91 Å². The normalized spacial score (nSPS) is 34.3. The van der Waals surface area contributed by atoms with Crippen molar-refractivity contribution in [3.05, 3.63) is 36.3 Å². The third-order valence-electron chi connectivity index (χ3n) is 9.00. The fourth-order valence-corrected chi connectivity index (χ4v) is 7.37. The first-order valence-corrected chi connectivity index (χ1v) is 13.5. The van der Waals surface area contributed by atoms with Crippen LogP contribution in [0.15, 0.2) is 30.5 Å². The highest BCUT2D eigenvalue weighted by atomic mass is 19.1. The number of fused-ring (bicyclic) bond motifs is 3. The standard InChI is InChI=1S/C29H36FN3O4/c1-15(26(34)32-23-14-29(12-16(23)13-29)33-27(35)37-28(2,3)4)25-19-10-18(11-20(19)25)36-24-7-8-31-22-6-5-17(30)9-21(22)24/h5-9,15-16,18-20,23,25H,10-14H2,1-4H3,(H,32,34)(H,33,35)/t15?,16?,18-,19-,20+,23?,25+,29?. The van der Waals surface area contributed by atoms with Crippen molar-refractivity contribution in [2.45, 2.75) is 83.1 Å². The Morgan fingerprint density at radius 3 is 2.57 bits per heavy atom. The highest BCUT2D eigenvalue weighted by Crippen LogP contribution is 2.61. The number of hydrogen-bond donors (Lipinski definition) is 2. The summed E-state index contributed by atoms with van der Waals surface area (Å²) in [6.45, 7) is 7.62. The van der Waals surface area contributed by atoms with Gasteiger partial charge >= 0.3 is 6.09 Å². The Morgan fingerprint density at radius 2 is 1.86 bits per heavy atom. The average Bonchev–Trinajstić information content (AvgIpc) is 3.07. The van der Waals surface area contributed by atoms with Crippen LogP contribution < -0.4 is 15.4 Å². The van der Waals surface area contributed by atoms with Crippen LogP contribution in [0.25, 0.3) is 10.9 Å². The minimum Gasteiger partial charge on any atom is -0.490 e. The van der Waals surface area contributed by atoms with E-state index < -0.39 is 5.60 Å². The average molecular weight is 510 g/mol. The number of benzene rings is 1. The van der Waals surface area contributed by atoms with Crippen molar-refractivity contribution in [1.29, 1.82) is 0 Å². The molecule has 1 aromatic carbocycles. The lowest BCUT2D eigenvalue weighted by Crippen LogP contribution is -2.53. The molecule has 5 aliphatic carbocycles. The predicted molar refractivity (Wildman–Crippen MR) is 136 cm³/mol. The summed E-state index contributed by atoms with van der Waals surface area (Å²) in [5, 5.41) is 7.06. The molecule has 0 radical (unpaired) electrons. The van der Waals surface area contributed by atoms with Crippen LogP contribution in [-0.4, -0.2) is 40.3 Å². The van der Waals surface area contributed by atoms with Gasteiger partial charge in [-0.2, -0.15) is 0 Å². The monoisotopic (exact) mass is 509 g/mol. The molecule has 0 saturated heterocycles. The molecule has 1 heterocycles. The maximum absolute atomic E-state index is 13.8. The molecule has 0 spiro atoms. The number of halogens is 1. The van der Waals surface area contributed by atoms with Gasteiger partial charge in [0.05, 0.1) is 11.6 Å². The first-order valence-electron chi connectivity index (χ1n) is 13.5.